The number of rotatable bonds is 4. The minimum atomic E-state index is 0.0530. The van der Waals surface area contributed by atoms with Gasteiger partial charge in [-0.25, -0.2) is 15.0 Å². The van der Waals surface area contributed by atoms with Crippen molar-refractivity contribution < 1.29 is 4.79 Å². The van der Waals surface area contributed by atoms with Crippen LogP contribution in [-0.2, 0) is 0 Å². The van der Waals surface area contributed by atoms with Gasteiger partial charge in [0.1, 0.15) is 11.6 Å². The van der Waals surface area contributed by atoms with Crippen LogP contribution in [0.1, 0.15) is 85.1 Å². The molecule has 1 unspecified atom stereocenters. The van der Waals surface area contributed by atoms with Crippen LogP contribution in [0.2, 0.25) is 0 Å². The summed E-state index contributed by atoms with van der Waals surface area (Å²) in [5, 5.41) is 0. The molecule has 2 aromatic heterocycles. The lowest BCUT2D eigenvalue weighted by molar-refractivity contribution is 0.0701. The largest absolute Gasteiger partial charge is 0.338 e. The fourth-order valence-corrected chi connectivity index (χ4v) is 3.85. The molecule has 2 aliphatic rings. The number of amides is 1. The fourth-order valence-electron chi connectivity index (χ4n) is 3.85. The molecule has 0 radical (unpaired) electrons. The number of nitrogens with zero attached hydrogens (tertiary/aromatic N) is 5. The molecule has 2 aromatic rings. The molecule has 0 aromatic carbocycles. The van der Waals surface area contributed by atoms with E-state index in [2.05, 4.69) is 33.4 Å². The molecule has 1 aliphatic heterocycles. The van der Waals surface area contributed by atoms with Gasteiger partial charge >= 0.3 is 0 Å². The van der Waals surface area contributed by atoms with E-state index in [-0.39, 0.29) is 11.8 Å². The first kappa shape index (κ1) is 17.2. The molecule has 0 N–H and O–H groups in total. The second-order valence-corrected chi connectivity index (χ2v) is 7.88. The van der Waals surface area contributed by atoms with E-state index in [1.54, 1.807) is 6.20 Å². The third-order valence-corrected chi connectivity index (χ3v) is 5.50. The fraction of sp³-hybridized carbons (Fsp3) is 0.600. The molecule has 26 heavy (non-hydrogen) atoms. The number of hydrogen-bond donors (Lipinski definition) is 0. The molecule has 1 amide bonds. The van der Waals surface area contributed by atoms with Crippen molar-refractivity contribution in [3.05, 3.63) is 41.5 Å². The zero-order valence-corrected chi connectivity index (χ0v) is 15.9. The Hall–Kier alpha value is -2.24. The Labute approximate surface area is 154 Å². The quantitative estimate of drug-likeness (QED) is 0.844. The van der Waals surface area contributed by atoms with Crippen molar-refractivity contribution in [3.8, 4) is 0 Å². The number of aryl methyl sites for hydroxylation is 1. The van der Waals surface area contributed by atoms with Crippen molar-refractivity contribution >= 4 is 5.91 Å². The molecular weight excluding hydrogens is 326 g/mol. The summed E-state index contributed by atoms with van der Waals surface area (Å²) < 4.78 is 2.22. The summed E-state index contributed by atoms with van der Waals surface area (Å²) in [5.74, 6) is 2.84. The van der Waals surface area contributed by atoms with Gasteiger partial charge in [-0.2, -0.15) is 0 Å². The first-order chi connectivity index (χ1) is 12.5. The Balaban J connectivity index is 1.52. The molecule has 6 heteroatoms. The predicted molar refractivity (Wildman–Crippen MR) is 99.2 cm³/mol. The Kier molecular flexibility index (Phi) is 4.51. The Morgan fingerprint density at radius 1 is 1.19 bits per heavy atom. The summed E-state index contributed by atoms with van der Waals surface area (Å²) in [7, 11) is 0. The van der Waals surface area contributed by atoms with Gasteiger partial charge in [0.15, 0.2) is 0 Å². The lowest BCUT2D eigenvalue weighted by Crippen LogP contribution is -2.40. The Bertz CT molecular complexity index is 808. The standard InChI is InChI=1S/C20H27N5O/c1-13(2)25-10-8-21-19(25)16-5-4-9-24(12-16)20(26)17-11-22-18(15-6-7-15)23-14(17)3/h8,10-11,13,15-16H,4-7,9,12H2,1-3H3. The molecule has 4 rings (SSSR count). The van der Waals surface area contributed by atoms with Crippen molar-refractivity contribution in [3.63, 3.8) is 0 Å². The van der Waals surface area contributed by atoms with Gasteiger partial charge in [0.2, 0.25) is 0 Å². The first-order valence-electron chi connectivity index (χ1n) is 9.70. The number of imidazole rings is 1. The normalized spacial score (nSPS) is 20.6. The molecule has 3 heterocycles. The maximum atomic E-state index is 13.1. The van der Waals surface area contributed by atoms with Crippen LogP contribution in [0.25, 0.3) is 0 Å². The maximum Gasteiger partial charge on any atom is 0.257 e. The van der Waals surface area contributed by atoms with Gasteiger partial charge in [-0.1, -0.05) is 0 Å². The number of likely N-dealkylation sites (tertiary alicyclic amines) is 1. The van der Waals surface area contributed by atoms with E-state index >= 15 is 0 Å². The summed E-state index contributed by atoms with van der Waals surface area (Å²) in [5.41, 5.74) is 1.44. The molecule has 0 spiro atoms. The number of piperidine rings is 1. The highest BCUT2D eigenvalue weighted by atomic mass is 16.2. The lowest BCUT2D eigenvalue weighted by Gasteiger charge is -2.33. The number of aromatic nitrogens is 4. The van der Waals surface area contributed by atoms with E-state index in [0.29, 0.717) is 24.1 Å². The molecule has 0 bridgehead atoms. The van der Waals surface area contributed by atoms with E-state index in [1.165, 1.54) is 12.8 Å². The zero-order valence-electron chi connectivity index (χ0n) is 15.9. The average Bonchev–Trinajstić information content (AvgIpc) is 3.37. The van der Waals surface area contributed by atoms with Gasteiger partial charge in [0.05, 0.1) is 11.3 Å². The van der Waals surface area contributed by atoms with Crippen LogP contribution >= 0.6 is 0 Å². The van der Waals surface area contributed by atoms with Crippen LogP contribution in [0.5, 0.6) is 0 Å². The van der Waals surface area contributed by atoms with Crippen molar-refractivity contribution in [2.75, 3.05) is 13.1 Å². The second-order valence-electron chi connectivity index (χ2n) is 7.88. The van der Waals surface area contributed by atoms with Gasteiger partial charge in [0, 0.05) is 49.6 Å². The minimum absolute atomic E-state index is 0.0530. The van der Waals surface area contributed by atoms with Gasteiger partial charge in [-0.3, -0.25) is 4.79 Å². The third kappa shape index (κ3) is 3.24. The summed E-state index contributed by atoms with van der Waals surface area (Å²) in [4.78, 5) is 28.6. The molecule has 1 saturated heterocycles. The van der Waals surface area contributed by atoms with E-state index in [1.807, 2.05) is 24.2 Å². The van der Waals surface area contributed by atoms with Crippen molar-refractivity contribution in [2.45, 2.75) is 64.3 Å². The van der Waals surface area contributed by atoms with Crippen molar-refractivity contribution in [1.29, 1.82) is 0 Å². The summed E-state index contributed by atoms with van der Waals surface area (Å²) in [6.45, 7) is 7.76. The number of hydrogen-bond acceptors (Lipinski definition) is 4. The van der Waals surface area contributed by atoms with Crippen molar-refractivity contribution in [1.82, 2.24) is 24.4 Å². The van der Waals surface area contributed by atoms with Crippen LogP contribution in [0.15, 0.2) is 18.6 Å². The van der Waals surface area contributed by atoms with E-state index in [0.717, 1.165) is 36.7 Å². The number of carbonyl (C=O) groups is 1. The smallest absolute Gasteiger partial charge is 0.257 e. The summed E-state index contributed by atoms with van der Waals surface area (Å²) >= 11 is 0. The predicted octanol–water partition coefficient (Wildman–Crippen LogP) is 3.46. The van der Waals surface area contributed by atoms with Crippen LogP contribution in [0, 0.1) is 6.92 Å². The average molecular weight is 353 g/mol. The van der Waals surface area contributed by atoms with Crippen LogP contribution in [0.4, 0.5) is 0 Å². The highest BCUT2D eigenvalue weighted by Gasteiger charge is 2.31. The van der Waals surface area contributed by atoms with Crippen molar-refractivity contribution in [2.24, 2.45) is 0 Å². The summed E-state index contributed by atoms with van der Waals surface area (Å²) in [6.07, 6.45) is 10.0. The molecule has 1 aliphatic carbocycles. The maximum absolute atomic E-state index is 13.1. The topological polar surface area (TPSA) is 63.9 Å². The Morgan fingerprint density at radius 2 is 2.00 bits per heavy atom. The second kappa shape index (κ2) is 6.82. The van der Waals surface area contributed by atoms with Gasteiger partial charge in [0.25, 0.3) is 5.91 Å². The molecule has 1 atom stereocenters. The highest BCUT2D eigenvalue weighted by molar-refractivity contribution is 5.95. The molecular formula is C20H27N5O. The van der Waals surface area contributed by atoms with Crippen LogP contribution in [0.3, 0.4) is 0 Å². The van der Waals surface area contributed by atoms with Gasteiger partial charge in [-0.05, 0) is 46.5 Å². The minimum Gasteiger partial charge on any atom is -0.338 e. The monoisotopic (exact) mass is 353 g/mol. The molecule has 1 saturated carbocycles. The Morgan fingerprint density at radius 3 is 2.69 bits per heavy atom. The molecule has 2 fully saturated rings. The number of carbonyl (C=O) groups excluding carboxylic acids is 1. The zero-order chi connectivity index (χ0) is 18.3. The van der Waals surface area contributed by atoms with E-state index in [9.17, 15) is 4.79 Å². The lowest BCUT2D eigenvalue weighted by atomic mass is 9.96. The highest BCUT2D eigenvalue weighted by Crippen LogP contribution is 2.38. The molecule has 138 valence electrons. The SMILES string of the molecule is Cc1nc(C2CC2)ncc1C(=O)N1CCCC(c2nccn2C(C)C)C1. The van der Waals surface area contributed by atoms with E-state index < -0.39 is 0 Å². The first-order valence-corrected chi connectivity index (χ1v) is 9.70. The molecule has 6 nitrogen and oxygen atoms in total. The van der Waals surface area contributed by atoms with Crippen LogP contribution < -0.4 is 0 Å². The van der Waals surface area contributed by atoms with E-state index in [4.69, 9.17) is 0 Å². The van der Waals surface area contributed by atoms with Crippen LogP contribution in [-0.4, -0.2) is 43.4 Å². The van der Waals surface area contributed by atoms with Gasteiger partial charge in [-0.15, -0.1) is 0 Å². The van der Waals surface area contributed by atoms with Gasteiger partial charge < -0.3 is 9.47 Å². The third-order valence-electron chi connectivity index (χ3n) is 5.50. The summed E-state index contributed by atoms with van der Waals surface area (Å²) in [6, 6.07) is 0.379.